The molecule has 0 aromatic carbocycles. The molecular formula is C21H27NO. The average molecular weight is 309 g/mol. The van der Waals surface area contributed by atoms with Gasteiger partial charge in [-0.2, -0.15) is 0 Å². The summed E-state index contributed by atoms with van der Waals surface area (Å²) in [6.45, 7) is 4.51. The Morgan fingerprint density at radius 2 is 2.04 bits per heavy atom. The first-order chi connectivity index (χ1) is 11.2. The van der Waals surface area contributed by atoms with Crippen molar-refractivity contribution in [2.75, 3.05) is 0 Å². The van der Waals surface area contributed by atoms with Crippen LogP contribution in [0.25, 0.3) is 0 Å². The van der Waals surface area contributed by atoms with Gasteiger partial charge in [-0.15, -0.1) is 5.92 Å². The van der Waals surface area contributed by atoms with Crippen molar-refractivity contribution >= 4 is 5.71 Å². The first-order valence-electron chi connectivity index (χ1n) is 9.23. The van der Waals surface area contributed by atoms with Crippen molar-refractivity contribution in [2.24, 2.45) is 28.3 Å². The Morgan fingerprint density at radius 1 is 1.17 bits per heavy atom. The first-order valence-corrected chi connectivity index (χ1v) is 9.23. The van der Waals surface area contributed by atoms with Gasteiger partial charge in [0, 0.05) is 5.92 Å². The molecule has 0 amide bonds. The van der Waals surface area contributed by atoms with Gasteiger partial charge in [0.05, 0.1) is 5.71 Å². The van der Waals surface area contributed by atoms with Crippen molar-refractivity contribution < 1.29 is 5.21 Å². The van der Waals surface area contributed by atoms with Crippen LogP contribution in [-0.2, 0) is 0 Å². The van der Waals surface area contributed by atoms with Crippen LogP contribution >= 0.6 is 0 Å². The van der Waals surface area contributed by atoms with Crippen LogP contribution in [0.3, 0.4) is 0 Å². The third kappa shape index (κ3) is 2.20. The van der Waals surface area contributed by atoms with Crippen molar-refractivity contribution in [3.8, 4) is 11.8 Å². The van der Waals surface area contributed by atoms with E-state index in [9.17, 15) is 0 Å². The highest BCUT2D eigenvalue weighted by molar-refractivity contribution is 5.97. The van der Waals surface area contributed by atoms with Crippen molar-refractivity contribution in [3.63, 3.8) is 0 Å². The van der Waals surface area contributed by atoms with E-state index in [4.69, 9.17) is 5.21 Å². The molecule has 122 valence electrons. The summed E-state index contributed by atoms with van der Waals surface area (Å²) < 4.78 is 0. The molecule has 2 fully saturated rings. The minimum absolute atomic E-state index is 0.436. The van der Waals surface area contributed by atoms with Gasteiger partial charge in [-0.1, -0.05) is 23.6 Å². The number of fused-ring (bicyclic) bond motifs is 4. The van der Waals surface area contributed by atoms with Gasteiger partial charge >= 0.3 is 0 Å². The van der Waals surface area contributed by atoms with Gasteiger partial charge in [-0.25, -0.2) is 0 Å². The van der Waals surface area contributed by atoms with E-state index in [1.54, 1.807) is 11.1 Å². The largest absolute Gasteiger partial charge is 0.411 e. The Kier molecular flexibility index (Phi) is 3.63. The molecule has 4 aliphatic carbocycles. The maximum Gasteiger partial charge on any atom is 0.0801 e. The lowest BCUT2D eigenvalue weighted by Gasteiger charge is -2.48. The fourth-order valence-electron chi connectivity index (χ4n) is 6.03. The fourth-order valence-corrected chi connectivity index (χ4v) is 6.03. The summed E-state index contributed by atoms with van der Waals surface area (Å²) in [6, 6.07) is 0. The molecule has 2 saturated carbocycles. The average Bonchev–Trinajstić information content (AvgIpc) is 2.91. The topological polar surface area (TPSA) is 32.6 Å². The highest BCUT2D eigenvalue weighted by Crippen LogP contribution is 2.61. The van der Waals surface area contributed by atoms with Crippen molar-refractivity contribution in [1.29, 1.82) is 0 Å². The second kappa shape index (κ2) is 5.55. The molecule has 0 heterocycles. The number of allylic oxidation sites excluding steroid dienone is 4. The molecule has 23 heavy (non-hydrogen) atoms. The number of hydrogen-bond acceptors (Lipinski definition) is 2. The quantitative estimate of drug-likeness (QED) is 0.377. The number of rotatable bonds is 0. The molecule has 0 aromatic heterocycles. The summed E-state index contributed by atoms with van der Waals surface area (Å²) >= 11 is 0. The van der Waals surface area contributed by atoms with Crippen LogP contribution in [0.1, 0.15) is 65.2 Å². The van der Waals surface area contributed by atoms with Gasteiger partial charge in [0.1, 0.15) is 0 Å². The Hall–Kier alpha value is -1.49. The smallest absolute Gasteiger partial charge is 0.0801 e. The van der Waals surface area contributed by atoms with Gasteiger partial charge in [-0.05, 0) is 92.8 Å². The lowest BCUT2D eigenvalue weighted by Crippen LogP contribution is -2.39. The molecule has 0 bridgehead atoms. The Bertz CT molecular complexity index is 672. The van der Waals surface area contributed by atoms with E-state index < -0.39 is 0 Å². The van der Waals surface area contributed by atoms with E-state index in [1.165, 1.54) is 44.1 Å². The van der Waals surface area contributed by atoms with Gasteiger partial charge < -0.3 is 5.21 Å². The SMILES string of the molecule is CC#C[C@@H]1CC[C@H]2[C@@H]3CCC4=CC(=NO)CCC4=C3CC[C@]12C. The normalized spacial score (nSPS) is 40.7. The standard InChI is InChI=1S/C21H27NO/c1-3-4-15-6-10-20-19-8-5-14-13-16(22-23)7-9-17(14)18(19)11-12-21(15,20)2/h13,15,19-20,23H,5-12H2,1-2H3/t15-,19-,20+,21-/m1/s1. The molecule has 0 aliphatic heterocycles. The van der Waals surface area contributed by atoms with Crippen LogP contribution in [0.2, 0.25) is 0 Å². The molecular weight excluding hydrogens is 282 g/mol. The van der Waals surface area contributed by atoms with Crippen LogP contribution in [0.4, 0.5) is 0 Å². The molecule has 4 aliphatic rings. The summed E-state index contributed by atoms with van der Waals surface area (Å²) in [5.41, 5.74) is 6.14. The lowest BCUT2D eigenvalue weighted by molar-refractivity contribution is 0.0958. The molecule has 0 unspecified atom stereocenters. The Labute approximate surface area is 139 Å². The minimum Gasteiger partial charge on any atom is -0.411 e. The zero-order valence-corrected chi connectivity index (χ0v) is 14.4. The summed E-state index contributed by atoms with van der Waals surface area (Å²) in [6.07, 6.45) is 11.8. The van der Waals surface area contributed by atoms with Gasteiger partial charge in [-0.3, -0.25) is 0 Å². The van der Waals surface area contributed by atoms with Crippen LogP contribution in [0, 0.1) is 35.0 Å². The van der Waals surface area contributed by atoms with Crippen LogP contribution in [0.15, 0.2) is 28.0 Å². The number of nitrogens with zero attached hydrogens (tertiary/aromatic N) is 1. The Morgan fingerprint density at radius 3 is 2.83 bits per heavy atom. The van der Waals surface area contributed by atoms with Crippen LogP contribution in [-0.4, -0.2) is 10.9 Å². The third-order valence-corrected chi connectivity index (χ3v) is 7.19. The van der Waals surface area contributed by atoms with Gasteiger partial charge in [0.25, 0.3) is 0 Å². The number of oxime groups is 1. The molecule has 4 rings (SSSR count). The van der Waals surface area contributed by atoms with E-state index in [0.29, 0.717) is 11.3 Å². The van der Waals surface area contributed by atoms with Crippen LogP contribution < -0.4 is 0 Å². The van der Waals surface area contributed by atoms with E-state index in [1.807, 2.05) is 6.92 Å². The minimum atomic E-state index is 0.436. The zero-order chi connectivity index (χ0) is 16.0. The summed E-state index contributed by atoms with van der Waals surface area (Å²) in [4.78, 5) is 0. The lowest BCUT2D eigenvalue weighted by atomic mass is 9.56. The second-order valence-corrected chi connectivity index (χ2v) is 8.05. The summed E-state index contributed by atoms with van der Waals surface area (Å²) in [7, 11) is 0. The number of hydrogen-bond donors (Lipinski definition) is 1. The highest BCUT2D eigenvalue weighted by Gasteiger charge is 2.53. The third-order valence-electron chi connectivity index (χ3n) is 7.19. The fraction of sp³-hybridized carbons (Fsp3) is 0.667. The Balaban J connectivity index is 1.70. The molecule has 1 N–H and O–H groups in total. The predicted molar refractivity (Wildman–Crippen MR) is 93.3 cm³/mol. The van der Waals surface area contributed by atoms with Gasteiger partial charge in [0.15, 0.2) is 0 Å². The molecule has 4 atom stereocenters. The molecule has 0 radical (unpaired) electrons. The summed E-state index contributed by atoms with van der Waals surface area (Å²) in [5, 5.41) is 12.5. The predicted octanol–water partition coefficient (Wildman–Crippen LogP) is 5.09. The molecule has 2 heteroatoms. The maximum atomic E-state index is 9.06. The van der Waals surface area contributed by atoms with E-state index in [0.717, 1.165) is 30.4 Å². The molecule has 2 nitrogen and oxygen atoms in total. The van der Waals surface area contributed by atoms with Gasteiger partial charge in [0.2, 0.25) is 0 Å². The maximum absolute atomic E-state index is 9.06. The summed E-state index contributed by atoms with van der Waals surface area (Å²) in [5.74, 6) is 8.95. The first kappa shape index (κ1) is 15.1. The monoisotopic (exact) mass is 309 g/mol. The molecule has 0 saturated heterocycles. The van der Waals surface area contributed by atoms with Crippen molar-refractivity contribution in [3.05, 3.63) is 22.8 Å². The van der Waals surface area contributed by atoms with E-state index >= 15 is 0 Å². The zero-order valence-electron chi connectivity index (χ0n) is 14.4. The second-order valence-electron chi connectivity index (χ2n) is 8.05. The van der Waals surface area contributed by atoms with Crippen molar-refractivity contribution in [1.82, 2.24) is 0 Å². The highest BCUT2D eigenvalue weighted by atomic mass is 16.4. The van der Waals surface area contributed by atoms with Crippen molar-refractivity contribution in [2.45, 2.75) is 65.2 Å². The van der Waals surface area contributed by atoms with E-state index in [2.05, 4.69) is 30.0 Å². The molecule has 0 spiro atoms. The van der Waals surface area contributed by atoms with Crippen LogP contribution in [0.5, 0.6) is 0 Å². The van der Waals surface area contributed by atoms with E-state index in [-0.39, 0.29) is 0 Å². The molecule has 0 aromatic rings.